The monoisotopic (exact) mass is 260 g/mol. The highest BCUT2D eigenvalue weighted by Gasteiger charge is 2.18. The Kier molecular flexibility index (Phi) is 3.29. The maximum absolute atomic E-state index is 11.3. The van der Waals surface area contributed by atoms with Gasteiger partial charge in [-0.2, -0.15) is 5.10 Å². The third-order valence-corrected chi connectivity index (χ3v) is 3.04. The SMILES string of the molecule is COc1c(C)nn(-c2cc(C)ccc2C(=O)O)c1C. The predicted molar refractivity (Wildman–Crippen MR) is 71.3 cm³/mol. The van der Waals surface area contributed by atoms with Crippen molar-refractivity contribution < 1.29 is 14.6 Å². The molecule has 1 aromatic carbocycles. The predicted octanol–water partition coefficient (Wildman–Crippen LogP) is 2.50. The van der Waals surface area contributed by atoms with Crippen LogP contribution in [0.3, 0.4) is 0 Å². The maximum atomic E-state index is 11.3. The molecule has 0 aliphatic heterocycles. The minimum atomic E-state index is -0.971. The molecular formula is C14H16N2O3. The van der Waals surface area contributed by atoms with Crippen LogP contribution in [0, 0.1) is 20.8 Å². The standard InChI is InChI=1S/C14H16N2O3/c1-8-5-6-11(14(17)18)12(7-8)16-10(3)13(19-4)9(2)15-16/h5-7H,1-4H3,(H,17,18). The van der Waals surface area contributed by atoms with E-state index in [4.69, 9.17) is 4.74 Å². The van der Waals surface area contributed by atoms with E-state index in [-0.39, 0.29) is 5.56 Å². The summed E-state index contributed by atoms with van der Waals surface area (Å²) in [6.07, 6.45) is 0. The van der Waals surface area contributed by atoms with Gasteiger partial charge in [0.15, 0.2) is 5.75 Å². The lowest BCUT2D eigenvalue weighted by atomic mass is 10.1. The van der Waals surface area contributed by atoms with Crippen LogP contribution in [0.5, 0.6) is 5.75 Å². The molecule has 5 heteroatoms. The Balaban J connectivity index is 2.71. The smallest absolute Gasteiger partial charge is 0.337 e. The molecule has 1 heterocycles. The topological polar surface area (TPSA) is 64.4 Å². The van der Waals surface area contributed by atoms with Gasteiger partial charge in [-0.3, -0.25) is 0 Å². The molecule has 2 aromatic rings. The van der Waals surface area contributed by atoms with Gasteiger partial charge in [-0.15, -0.1) is 0 Å². The first-order chi connectivity index (χ1) is 8.95. The van der Waals surface area contributed by atoms with Crippen LogP contribution in [0.1, 0.15) is 27.3 Å². The van der Waals surface area contributed by atoms with Gasteiger partial charge >= 0.3 is 5.97 Å². The summed E-state index contributed by atoms with van der Waals surface area (Å²) in [5.41, 5.74) is 3.27. The Labute approximate surface area is 111 Å². The van der Waals surface area contributed by atoms with Crippen LogP contribution in [-0.4, -0.2) is 28.0 Å². The number of methoxy groups -OCH3 is 1. The number of nitrogens with zero attached hydrogens (tertiary/aromatic N) is 2. The molecule has 0 fully saturated rings. The van der Waals surface area contributed by atoms with Crippen LogP contribution in [-0.2, 0) is 0 Å². The summed E-state index contributed by atoms with van der Waals surface area (Å²) in [6.45, 7) is 5.60. The Bertz CT molecular complexity index is 644. The molecule has 5 nitrogen and oxygen atoms in total. The molecule has 0 radical (unpaired) electrons. The van der Waals surface area contributed by atoms with E-state index >= 15 is 0 Å². The highest BCUT2D eigenvalue weighted by atomic mass is 16.5. The van der Waals surface area contributed by atoms with Crippen molar-refractivity contribution in [2.45, 2.75) is 20.8 Å². The van der Waals surface area contributed by atoms with Crippen molar-refractivity contribution in [3.05, 3.63) is 40.7 Å². The van der Waals surface area contributed by atoms with Gasteiger partial charge in [-0.05, 0) is 38.5 Å². The van der Waals surface area contributed by atoms with Crippen LogP contribution in [0.25, 0.3) is 5.69 Å². The molecule has 1 N–H and O–H groups in total. The average molecular weight is 260 g/mol. The summed E-state index contributed by atoms with van der Waals surface area (Å²) in [6, 6.07) is 5.17. The molecule has 0 bridgehead atoms. The van der Waals surface area contributed by atoms with E-state index < -0.39 is 5.97 Å². The second kappa shape index (κ2) is 4.76. The molecule has 0 spiro atoms. The van der Waals surface area contributed by atoms with E-state index in [1.807, 2.05) is 26.8 Å². The summed E-state index contributed by atoms with van der Waals surface area (Å²) in [7, 11) is 1.58. The lowest BCUT2D eigenvalue weighted by Gasteiger charge is -2.09. The number of aryl methyl sites for hydroxylation is 2. The first kappa shape index (κ1) is 13.1. The van der Waals surface area contributed by atoms with Crippen molar-refractivity contribution in [3.63, 3.8) is 0 Å². The number of aromatic nitrogens is 2. The van der Waals surface area contributed by atoms with Gasteiger partial charge in [0.05, 0.1) is 24.1 Å². The largest absolute Gasteiger partial charge is 0.493 e. The Hall–Kier alpha value is -2.30. The summed E-state index contributed by atoms with van der Waals surface area (Å²) in [5.74, 6) is -0.292. The van der Waals surface area contributed by atoms with Gasteiger partial charge in [0, 0.05) is 0 Å². The molecule has 100 valence electrons. The zero-order chi connectivity index (χ0) is 14.2. The molecule has 0 saturated carbocycles. The lowest BCUT2D eigenvalue weighted by Crippen LogP contribution is -2.08. The van der Waals surface area contributed by atoms with Gasteiger partial charge in [0.1, 0.15) is 5.69 Å². The number of hydrogen-bond donors (Lipinski definition) is 1. The molecule has 0 unspecified atom stereocenters. The van der Waals surface area contributed by atoms with Crippen molar-refractivity contribution in [2.24, 2.45) is 0 Å². The van der Waals surface area contributed by atoms with E-state index in [0.29, 0.717) is 11.4 Å². The molecule has 1 aromatic heterocycles. The van der Waals surface area contributed by atoms with Crippen LogP contribution in [0.15, 0.2) is 18.2 Å². The molecule has 2 rings (SSSR count). The summed E-state index contributed by atoms with van der Waals surface area (Å²) >= 11 is 0. The number of carbonyl (C=O) groups is 1. The molecule has 0 aliphatic carbocycles. The van der Waals surface area contributed by atoms with Crippen molar-refractivity contribution in [2.75, 3.05) is 7.11 Å². The normalized spacial score (nSPS) is 10.5. The van der Waals surface area contributed by atoms with Gasteiger partial charge < -0.3 is 9.84 Å². The first-order valence-corrected chi connectivity index (χ1v) is 5.90. The van der Waals surface area contributed by atoms with E-state index in [0.717, 1.165) is 17.0 Å². The summed E-state index contributed by atoms with van der Waals surface area (Å²) in [5, 5.41) is 13.6. The van der Waals surface area contributed by atoms with Gasteiger partial charge in [0.2, 0.25) is 0 Å². The quantitative estimate of drug-likeness (QED) is 0.920. The molecule has 0 saturated heterocycles. The zero-order valence-corrected chi connectivity index (χ0v) is 11.4. The molecule has 0 amide bonds. The Morgan fingerprint density at radius 3 is 2.53 bits per heavy atom. The second-order valence-corrected chi connectivity index (χ2v) is 4.44. The Morgan fingerprint density at radius 2 is 2.00 bits per heavy atom. The molecule has 0 atom stereocenters. The number of carboxylic acids is 1. The Morgan fingerprint density at radius 1 is 1.32 bits per heavy atom. The van der Waals surface area contributed by atoms with Gasteiger partial charge in [0.25, 0.3) is 0 Å². The van der Waals surface area contributed by atoms with Crippen LogP contribution >= 0.6 is 0 Å². The van der Waals surface area contributed by atoms with Crippen LogP contribution in [0.4, 0.5) is 0 Å². The van der Waals surface area contributed by atoms with Crippen LogP contribution in [0.2, 0.25) is 0 Å². The van der Waals surface area contributed by atoms with Gasteiger partial charge in [-0.1, -0.05) is 6.07 Å². The zero-order valence-electron chi connectivity index (χ0n) is 11.4. The fourth-order valence-electron chi connectivity index (χ4n) is 2.16. The van der Waals surface area contributed by atoms with E-state index in [1.165, 1.54) is 0 Å². The number of aromatic carboxylic acids is 1. The summed E-state index contributed by atoms with van der Waals surface area (Å²) in [4.78, 5) is 11.3. The van der Waals surface area contributed by atoms with Crippen molar-refractivity contribution in [3.8, 4) is 11.4 Å². The number of benzene rings is 1. The first-order valence-electron chi connectivity index (χ1n) is 5.90. The van der Waals surface area contributed by atoms with Crippen LogP contribution < -0.4 is 4.74 Å². The molecule has 19 heavy (non-hydrogen) atoms. The third kappa shape index (κ3) is 2.19. The van der Waals surface area contributed by atoms with Crippen molar-refractivity contribution in [1.29, 1.82) is 0 Å². The molecule has 0 aliphatic rings. The number of hydrogen-bond acceptors (Lipinski definition) is 3. The minimum Gasteiger partial charge on any atom is -0.493 e. The molecular weight excluding hydrogens is 244 g/mol. The fourth-order valence-corrected chi connectivity index (χ4v) is 2.16. The highest BCUT2D eigenvalue weighted by molar-refractivity contribution is 5.92. The fraction of sp³-hybridized carbons (Fsp3) is 0.286. The minimum absolute atomic E-state index is 0.221. The van der Waals surface area contributed by atoms with Crippen molar-refractivity contribution in [1.82, 2.24) is 9.78 Å². The lowest BCUT2D eigenvalue weighted by molar-refractivity contribution is 0.0696. The second-order valence-electron chi connectivity index (χ2n) is 4.44. The summed E-state index contributed by atoms with van der Waals surface area (Å²) < 4.78 is 6.89. The van der Waals surface area contributed by atoms with E-state index in [2.05, 4.69) is 5.10 Å². The van der Waals surface area contributed by atoms with Gasteiger partial charge in [-0.25, -0.2) is 9.48 Å². The number of rotatable bonds is 3. The average Bonchev–Trinajstić information content (AvgIpc) is 2.63. The van der Waals surface area contributed by atoms with Crippen molar-refractivity contribution >= 4 is 5.97 Å². The maximum Gasteiger partial charge on any atom is 0.337 e. The highest BCUT2D eigenvalue weighted by Crippen LogP contribution is 2.26. The van der Waals surface area contributed by atoms with E-state index in [1.54, 1.807) is 23.9 Å². The number of carboxylic acid groups (broad SMARTS) is 1. The van der Waals surface area contributed by atoms with E-state index in [9.17, 15) is 9.90 Å². The number of ether oxygens (including phenoxy) is 1. The third-order valence-electron chi connectivity index (χ3n) is 3.04.